The van der Waals surface area contributed by atoms with E-state index < -0.39 is 29.6 Å². The maximum atomic E-state index is 13.0. The smallest absolute Gasteiger partial charge is 0.326 e. The van der Waals surface area contributed by atoms with Crippen molar-refractivity contribution in [1.29, 1.82) is 0 Å². The maximum absolute atomic E-state index is 13.0. The van der Waals surface area contributed by atoms with Crippen LogP contribution in [0, 0.1) is 5.82 Å². The number of amides is 2. The van der Waals surface area contributed by atoms with Crippen LogP contribution in [0.25, 0.3) is 0 Å². The molecule has 0 saturated heterocycles. The monoisotopic (exact) mass is 324 g/mol. The van der Waals surface area contributed by atoms with E-state index in [0.29, 0.717) is 18.4 Å². The fourth-order valence-corrected chi connectivity index (χ4v) is 1.98. The summed E-state index contributed by atoms with van der Waals surface area (Å²) in [6, 6.07) is 4.66. The van der Waals surface area contributed by atoms with Gasteiger partial charge in [0.05, 0.1) is 13.0 Å². The largest absolute Gasteiger partial charge is 0.480 e. The first-order chi connectivity index (χ1) is 10.9. The molecule has 0 aliphatic carbocycles. The first kappa shape index (κ1) is 18.6. The maximum Gasteiger partial charge on any atom is 0.326 e. The highest BCUT2D eigenvalue weighted by Crippen LogP contribution is 2.04. The van der Waals surface area contributed by atoms with Crippen LogP contribution in [0.15, 0.2) is 24.3 Å². The SMILES string of the molecule is CCCC[C@H](NC(=O)CNC(=O)Cc1cccc(F)c1)C(=O)O. The molecule has 1 aromatic carbocycles. The summed E-state index contributed by atoms with van der Waals surface area (Å²) in [6.07, 6.45) is 1.80. The number of carbonyl (C=O) groups excluding carboxylic acids is 2. The van der Waals surface area contributed by atoms with Gasteiger partial charge in [-0.2, -0.15) is 0 Å². The third kappa shape index (κ3) is 7.39. The van der Waals surface area contributed by atoms with Crippen molar-refractivity contribution in [3.8, 4) is 0 Å². The molecule has 0 aromatic heterocycles. The number of rotatable bonds is 9. The average molecular weight is 324 g/mol. The van der Waals surface area contributed by atoms with Gasteiger partial charge in [-0.1, -0.05) is 31.9 Å². The highest BCUT2D eigenvalue weighted by atomic mass is 19.1. The van der Waals surface area contributed by atoms with Gasteiger partial charge in [-0.05, 0) is 24.1 Å². The van der Waals surface area contributed by atoms with Crippen LogP contribution in [0.5, 0.6) is 0 Å². The number of halogens is 1. The zero-order chi connectivity index (χ0) is 17.2. The average Bonchev–Trinajstić information content (AvgIpc) is 2.49. The molecule has 23 heavy (non-hydrogen) atoms. The molecule has 0 saturated carbocycles. The normalized spacial score (nSPS) is 11.6. The lowest BCUT2D eigenvalue weighted by molar-refractivity contribution is -0.141. The molecular formula is C16H21FN2O4. The topological polar surface area (TPSA) is 95.5 Å². The number of carboxylic acid groups (broad SMARTS) is 1. The van der Waals surface area contributed by atoms with Gasteiger partial charge < -0.3 is 15.7 Å². The third-order valence-electron chi connectivity index (χ3n) is 3.18. The molecule has 0 bridgehead atoms. The van der Waals surface area contributed by atoms with E-state index in [9.17, 15) is 18.8 Å². The summed E-state index contributed by atoms with van der Waals surface area (Å²) in [6.45, 7) is 1.61. The second-order valence-electron chi connectivity index (χ2n) is 5.18. The van der Waals surface area contributed by atoms with Gasteiger partial charge >= 0.3 is 5.97 Å². The van der Waals surface area contributed by atoms with E-state index in [2.05, 4.69) is 10.6 Å². The molecule has 0 heterocycles. The van der Waals surface area contributed by atoms with Crippen LogP contribution in [0.3, 0.4) is 0 Å². The number of carboxylic acids is 1. The van der Waals surface area contributed by atoms with Gasteiger partial charge in [0.2, 0.25) is 11.8 Å². The van der Waals surface area contributed by atoms with Crippen LogP contribution < -0.4 is 10.6 Å². The predicted molar refractivity (Wildman–Crippen MR) is 82.2 cm³/mol. The standard InChI is InChI=1S/C16H21FN2O4/c1-2-3-7-13(16(22)23)19-15(21)10-18-14(20)9-11-5-4-6-12(17)8-11/h4-6,8,13H,2-3,7,9-10H2,1H3,(H,18,20)(H,19,21)(H,22,23)/t13-/m0/s1. The molecule has 0 fully saturated rings. The lowest BCUT2D eigenvalue weighted by Crippen LogP contribution is -2.45. The van der Waals surface area contributed by atoms with Crippen LogP contribution in [-0.4, -0.2) is 35.5 Å². The zero-order valence-electron chi connectivity index (χ0n) is 13.0. The van der Waals surface area contributed by atoms with Crippen molar-refractivity contribution in [2.45, 2.75) is 38.6 Å². The molecule has 0 unspecified atom stereocenters. The first-order valence-corrected chi connectivity index (χ1v) is 7.45. The van der Waals surface area contributed by atoms with Gasteiger partial charge in [0.25, 0.3) is 0 Å². The van der Waals surface area contributed by atoms with Crippen LogP contribution in [0.2, 0.25) is 0 Å². The van der Waals surface area contributed by atoms with Gasteiger partial charge in [0.1, 0.15) is 11.9 Å². The first-order valence-electron chi connectivity index (χ1n) is 7.45. The van der Waals surface area contributed by atoms with E-state index in [4.69, 9.17) is 5.11 Å². The Hall–Kier alpha value is -2.44. The molecule has 0 radical (unpaired) electrons. The molecule has 6 nitrogen and oxygen atoms in total. The lowest BCUT2D eigenvalue weighted by atomic mass is 10.1. The number of carbonyl (C=O) groups is 3. The molecule has 1 aromatic rings. The second-order valence-corrected chi connectivity index (χ2v) is 5.18. The number of aliphatic carboxylic acids is 1. The van der Waals surface area contributed by atoms with Gasteiger partial charge in [-0.3, -0.25) is 9.59 Å². The molecule has 7 heteroatoms. The van der Waals surface area contributed by atoms with Crippen molar-refractivity contribution < 1.29 is 23.9 Å². The Balaban J connectivity index is 2.39. The highest BCUT2D eigenvalue weighted by molar-refractivity contribution is 5.88. The Morgan fingerprint density at radius 2 is 2.00 bits per heavy atom. The highest BCUT2D eigenvalue weighted by Gasteiger charge is 2.19. The van der Waals surface area contributed by atoms with E-state index in [1.165, 1.54) is 18.2 Å². The number of nitrogens with one attached hydrogen (secondary N) is 2. The number of hydrogen-bond acceptors (Lipinski definition) is 3. The fraction of sp³-hybridized carbons (Fsp3) is 0.438. The lowest BCUT2D eigenvalue weighted by Gasteiger charge is -2.14. The van der Waals surface area contributed by atoms with Gasteiger partial charge in [0, 0.05) is 0 Å². The van der Waals surface area contributed by atoms with Crippen molar-refractivity contribution in [1.82, 2.24) is 10.6 Å². The van der Waals surface area contributed by atoms with Gasteiger partial charge in [-0.25, -0.2) is 9.18 Å². The van der Waals surface area contributed by atoms with Crippen LogP contribution >= 0.6 is 0 Å². The number of unbranched alkanes of at least 4 members (excludes halogenated alkanes) is 1. The van der Waals surface area contributed by atoms with Crippen LogP contribution in [-0.2, 0) is 20.8 Å². The van der Waals surface area contributed by atoms with Crippen molar-refractivity contribution in [2.75, 3.05) is 6.54 Å². The minimum atomic E-state index is -1.10. The van der Waals surface area contributed by atoms with E-state index in [1.807, 2.05) is 6.92 Å². The van der Waals surface area contributed by atoms with Crippen molar-refractivity contribution in [2.24, 2.45) is 0 Å². The Kier molecular flexibility index (Phi) is 7.73. The fourth-order valence-electron chi connectivity index (χ4n) is 1.98. The quantitative estimate of drug-likeness (QED) is 0.637. The summed E-state index contributed by atoms with van der Waals surface area (Å²) in [7, 11) is 0. The molecular weight excluding hydrogens is 303 g/mol. The number of benzene rings is 1. The minimum Gasteiger partial charge on any atom is -0.480 e. The van der Waals surface area contributed by atoms with E-state index in [0.717, 1.165) is 6.42 Å². The predicted octanol–water partition coefficient (Wildman–Crippen LogP) is 1.24. The van der Waals surface area contributed by atoms with Crippen molar-refractivity contribution in [3.63, 3.8) is 0 Å². The van der Waals surface area contributed by atoms with E-state index >= 15 is 0 Å². The summed E-state index contributed by atoms with van der Waals surface area (Å²) >= 11 is 0. The molecule has 0 aliphatic rings. The second kappa shape index (κ2) is 9.55. The third-order valence-corrected chi connectivity index (χ3v) is 3.18. The molecule has 1 rings (SSSR count). The van der Waals surface area contributed by atoms with Crippen LogP contribution in [0.4, 0.5) is 4.39 Å². The van der Waals surface area contributed by atoms with Crippen LogP contribution in [0.1, 0.15) is 31.7 Å². The molecule has 0 spiro atoms. The Morgan fingerprint density at radius 1 is 1.26 bits per heavy atom. The minimum absolute atomic E-state index is 0.0523. The van der Waals surface area contributed by atoms with Crippen molar-refractivity contribution >= 4 is 17.8 Å². The molecule has 1 atom stereocenters. The summed E-state index contributed by atoms with van der Waals surface area (Å²) in [5.41, 5.74) is 0.495. The Morgan fingerprint density at radius 3 is 2.61 bits per heavy atom. The Bertz CT molecular complexity index is 563. The summed E-state index contributed by atoms with van der Waals surface area (Å²) < 4.78 is 13.0. The van der Waals surface area contributed by atoms with E-state index in [1.54, 1.807) is 6.07 Å². The van der Waals surface area contributed by atoms with Gasteiger partial charge in [-0.15, -0.1) is 0 Å². The zero-order valence-corrected chi connectivity index (χ0v) is 13.0. The Labute approximate surface area is 134 Å². The molecule has 2 amide bonds. The summed E-state index contributed by atoms with van der Waals surface area (Å²) in [5.74, 6) is -2.54. The molecule has 0 aliphatic heterocycles. The van der Waals surface area contributed by atoms with Gasteiger partial charge in [0.15, 0.2) is 0 Å². The number of hydrogen-bond donors (Lipinski definition) is 3. The van der Waals surface area contributed by atoms with Crippen molar-refractivity contribution in [3.05, 3.63) is 35.6 Å². The summed E-state index contributed by atoms with van der Waals surface area (Å²) in [5, 5.41) is 13.8. The summed E-state index contributed by atoms with van der Waals surface area (Å²) in [4.78, 5) is 34.4. The van der Waals surface area contributed by atoms with E-state index in [-0.39, 0.29) is 13.0 Å². The molecule has 126 valence electrons. The molecule has 3 N–H and O–H groups in total.